The Kier molecular flexibility index (Phi) is 3.73. The zero-order valence-electron chi connectivity index (χ0n) is 13.1. The van der Waals surface area contributed by atoms with Crippen LogP contribution < -0.4 is 10.6 Å². The highest BCUT2D eigenvalue weighted by molar-refractivity contribution is 5.53. The Morgan fingerprint density at radius 1 is 1.12 bits per heavy atom. The van der Waals surface area contributed by atoms with E-state index in [1.54, 1.807) is 12.1 Å². The standard InChI is InChI=1S/C16H18FN7/c17-13-3-1-2-12(8-13)10-22-4-6-23(7-5-22)15-9-14(18)24-16(21-15)19-11-20-24/h1-3,8-9,11H,4-7,10,18H2. The van der Waals surface area contributed by atoms with Crippen LogP contribution in [0.5, 0.6) is 0 Å². The summed E-state index contributed by atoms with van der Waals surface area (Å²) in [5.41, 5.74) is 7.00. The van der Waals surface area contributed by atoms with Crippen molar-refractivity contribution in [2.24, 2.45) is 0 Å². The quantitative estimate of drug-likeness (QED) is 0.778. The molecule has 8 heteroatoms. The van der Waals surface area contributed by atoms with E-state index in [1.165, 1.54) is 16.9 Å². The second-order valence-corrected chi connectivity index (χ2v) is 5.90. The Labute approximate surface area is 138 Å². The topological polar surface area (TPSA) is 75.6 Å². The molecule has 1 saturated heterocycles. The molecule has 7 nitrogen and oxygen atoms in total. The maximum absolute atomic E-state index is 13.3. The van der Waals surface area contributed by atoms with Gasteiger partial charge < -0.3 is 10.6 Å². The van der Waals surface area contributed by atoms with Gasteiger partial charge in [-0.3, -0.25) is 4.90 Å². The predicted molar refractivity (Wildman–Crippen MR) is 89.1 cm³/mol. The van der Waals surface area contributed by atoms with Crippen molar-refractivity contribution >= 4 is 17.4 Å². The Hall–Kier alpha value is -2.74. The first-order valence-electron chi connectivity index (χ1n) is 7.87. The van der Waals surface area contributed by atoms with Gasteiger partial charge in [-0.15, -0.1) is 0 Å². The van der Waals surface area contributed by atoms with Crippen LogP contribution in [0.15, 0.2) is 36.7 Å². The summed E-state index contributed by atoms with van der Waals surface area (Å²) in [6.45, 7) is 4.20. The summed E-state index contributed by atoms with van der Waals surface area (Å²) >= 11 is 0. The number of benzene rings is 1. The molecule has 1 aromatic carbocycles. The molecular formula is C16H18FN7. The lowest BCUT2D eigenvalue weighted by atomic mass is 10.2. The summed E-state index contributed by atoms with van der Waals surface area (Å²) in [5.74, 6) is 1.66. The van der Waals surface area contributed by atoms with Gasteiger partial charge in [0.15, 0.2) is 0 Å². The number of rotatable bonds is 3. The smallest absolute Gasteiger partial charge is 0.256 e. The number of hydrogen-bond donors (Lipinski definition) is 1. The Balaban J connectivity index is 1.43. The molecule has 0 aliphatic carbocycles. The van der Waals surface area contributed by atoms with Gasteiger partial charge in [-0.25, -0.2) is 4.39 Å². The summed E-state index contributed by atoms with van der Waals surface area (Å²) in [7, 11) is 0. The van der Waals surface area contributed by atoms with Crippen LogP contribution in [0.2, 0.25) is 0 Å². The number of piperazine rings is 1. The maximum atomic E-state index is 13.3. The normalized spacial score (nSPS) is 16.0. The van der Waals surface area contributed by atoms with Crippen LogP contribution in [0.4, 0.5) is 16.0 Å². The molecule has 24 heavy (non-hydrogen) atoms. The molecule has 1 aliphatic heterocycles. The zero-order chi connectivity index (χ0) is 16.5. The number of anilines is 2. The van der Waals surface area contributed by atoms with Crippen LogP contribution in [-0.2, 0) is 6.54 Å². The molecule has 1 fully saturated rings. The molecule has 0 spiro atoms. The number of nitrogens with two attached hydrogens (primary N) is 1. The minimum atomic E-state index is -0.188. The molecule has 0 saturated carbocycles. The van der Waals surface area contributed by atoms with Crippen LogP contribution in [0.1, 0.15) is 5.56 Å². The van der Waals surface area contributed by atoms with E-state index in [0.717, 1.165) is 44.1 Å². The van der Waals surface area contributed by atoms with E-state index in [4.69, 9.17) is 5.73 Å². The van der Waals surface area contributed by atoms with Gasteiger partial charge in [0.05, 0.1) is 0 Å². The fraction of sp³-hybridized carbons (Fsp3) is 0.312. The average molecular weight is 327 g/mol. The summed E-state index contributed by atoms with van der Waals surface area (Å²) in [6.07, 6.45) is 1.44. The van der Waals surface area contributed by atoms with Crippen molar-refractivity contribution in [2.75, 3.05) is 36.8 Å². The van der Waals surface area contributed by atoms with Crippen molar-refractivity contribution in [3.05, 3.63) is 48.0 Å². The highest BCUT2D eigenvalue weighted by atomic mass is 19.1. The molecule has 0 bridgehead atoms. The van der Waals surface area contributed by atoms with Crippen LogP contribution in [0.25, 0.3) is 5.78 Å². The fourth-order valence-electron chi connectivity index (χ4n) is 3.01. The van der Waals surface area contributed by atoms with Crippen LogP contribution in [0, 0.1) is 5.82 Å². The van der Waals surface area contributed by atoms with Crippen molar-refractivity contribution in [1.82, 2.24) is 24.5 Å². The molecule has 0 unspecified atom stereocenters. The van der Waals surface area contributed by atoms with Gasteiger partial charge in [0.1, 0.15) is 23.8 Å². The molecule has 4 rings (SSSR count). The van der Waals surface area contributed by atoms with Gasteiger partial charge in [-0.1, -0.05) is 12.1 Å². The maximum Gasteiger partial charge on any atom is 0.256 e. The Morgan fingerprint density at radius 2 is 1.96 bits per heavy atom. The second kappa shape index (κ2) is 6.04. The minimum Gasteiger partial charge on any atom is -0.383 e. The van der Waals surface area contributed by atoms with Crippen LogP contribution in [0.3, 0.4) is 0 Å². The fourth-order valence-corrected chi connectivity index (χ4v) is 3.01. The van der Waals surface area contributed by atoms with Gasteiger partial charge >= 0.3 is 0 Å². The summed E-state index contributed by atoms with van der Waals surface area (Å²) < 4.78 is 14.8. The average Bonchev–Trinajstić information content (AvgIpc) is 3.05. The van der Waals surface area contributed by atoms with Gasteiger partial charge in [0.2, 0.25) is 0 Å². The summed E-state index contributed by atoms with van der Waals surface area (Å²) in [5, 5.41) is 4.03. The molecule has 0 amide bonds. The third kappa shape index (κ3) is 2.88. The van der Waals surface area contributed by atoms with E-state index in [1.807, 2.05) is 12.1 Å². The van der Waals surface area contributed by atoms with Crippen molar-refractivity contribution in [3.63, 3.8) is 0 Å². The largest absolute Gasteiger partial charge is 0.383 e. The summed E-state index contributed by atoms with van der Waals surface area (Å²) in [6, 6.07) is 8.59. The van der Waals surface area contributed by atoms with E-state index in [-0.39, 0.29) is 5.82 Å². The van der Waals surface area contributed by atoms with E-state index in [9.17, 15) is 4.39 Å². The lowest BCUT2D eigenvalue weighted by Gasteiger charge is -2.35. The first kappa shape index (κ1) is 14.8. The van der Waals surface area contributed by atoms with Crippen molar-refractivity contribution in [2.45, 2.75) is 6.54 Å². The van der Waals surface area contributed by atoms with Crippen LogP contribution in [-0.4, -0.2) is 50.7 Å². The molecule has 2 N–H and O–H groups in total. The molecule has 2 aromatic heterocycles. The number of hydrogen-bond acceptors (Lipinski definition) is 6. The molecule has 124 valence electrons. The molecule has 0 atom stereocenters. The SMILES string of the molecule is Nc1cc(N2CCN(Cc3cccc(F)c3)CC2)nc2ncnn12. The highest BCUT2D eigenvalue weighted by Gasteiger charge is 2.19. The van der Waals surface area contributed by atoms with Gasteiger partial charge in [0, 0.05) is 38.8 Å². The number of halogens is 1. The molecule has 0 radical (unpaired) electrons. The van der Waals surface area contributed by atoms with E-state index in [0.29, 0.717) is 11.6 Å². The zero-order valence-corrected chi connectivity index (χ0v) is 13.1. The number of aromatic nitrogens is 4. The third-order valence-electron chi connectivity index (χ3n) is 4.26. The molecule has 1 aliphatic rings. The molecular weight excluding hydrogens is 309 g/mol. The lowest BCUT2D eigenvalue weighted by molar-refractivity contribution is 0.249. The number of nitrogens with zero attached hydrogens (tertiary/aromatic N) is 6. The van der Waals surface area contributed by atoms with Crippen molar-refractivity contribution < 1.29 is 4.39 Å². The number of nitrogen functional groups attached to an aromatic ring is 1. The summed E-state index contributed by atoms with van der Waals surface area (Å²) in [4.78, 5) is 13.1. The van der Waals surface area contributed by atoms with E-state index >= 15 is 0 Å². The predicted octanol–water partition coefficient (Wildman–Crippen LogP) is 1.17. The third-order valence-corrected chi connectivity index (χ3v) is 4.26. The molecule has 3 aromatic rings. The first-order valence-corrected chi connectivity index (χ1v) is 7.87. The lowest BCUT2D eigenvalue weighted by Crippen LogP contribution is -2.46. The van der Waals surface area contributed by atoms with Gasteiger partial charge in [-0.2, -0.15) is 19.6 Å². The Bertz CT molecular complexity index is 855. The van der Waals surface area contributed by atoms with Crippen molar-refractivity contribution in [3.8, 4) is 0 Å². The Morgan fingerprint density at radius 3 is 2.75 bits per heavy atom. The van der Waals surface area contributed by atoms with Crippen LogP contribution >= 0.6 is 0 Å². The van der Waals surface area contributed by atoms with E-state index in [2.05, 4.69) is 24.9 Å². The molecule has 3 heterocycles. The second-order valence-electron chi connectivity index (χ2n) is 5.90. The number of fused-ring (bicyclic) bond motifs is 1. The highest BCUT2D eigenvalue weighted by Crippen LogP contribution is 2.18. The minimum absolute atomic E-state index is 0.188. The van der Waals surface area contributed by atoms with E-state index < -0.39 is 0 Å². The van der Waals surface area contributed by atoms with Gasteiger partial charge in [0.25, 0.3) is 5.78 Å². The van der Waals surface area contributed by atoms with Crippen molar-refractivity contribution in [1.29, 1.82) is 0 Å². The monoisotopic (exact) mass is 327 g/mol. The van der Waals surface area contributed by atoms with Gasteiger partial charge in [-0.05, 0) is 17.7 Å². The first-order chi connectivity index (χ1) is 11.7.